The van der Waals surface area contributed by atoms with Gasteiger partial charge in [-0.1, -0.05) is 11.6 Å². The molecule has 0 fully saturated rings. The van der Waals surface area contributed by atoms with Gasteiger partial charge < -0.3 is 4.90 Å². The molecule has 0 aromatic carbocycles. The third-order valence-electron chi connectivity index (χ3n) is 2.88. The molecule has 2 aromatic rings. The molecule has 0 N–H and O–H groups in total. The van der Waals surface area contributed by atoms with Crippen molar-refractivity contribution in [3.63, 3.8) is 0 Å². The van der Waals surface area contributed by atoms with Gasteiger partial charge in [0.25, 0.3) is 0 Å². The van der Waals surface area contributed by atoms with E-state index >= 15 is 0 Å². The first kappa shape index (κ1) is 12.3. The summed E-state index contributed by atoms with van der Waals surface area (Å²) < 4.78 is 1.74. The summed E-state index contributed by atoms with van der Waals surface area (Å²) >= 11 is 6.09. The van der Waals surface area contributed by atoms with Crippen molar-refractivity contribution in [1.82, 2.24) is 24.7 Å². The van der Waals surface area contributed by atoms with Gasteiger partial charge in [-0.05, 0) is 33.5 Å². The van der Waals surface area contributed by atoms with Crippen molar-refractivity contribution in [3.05, 3.63) is 22.1 Å². The minimum absolute atomic E-state index is 0.515. The van der Waals surface area contributed by atoms with Crippen molar-refractivity contribution in [2.45, 2.75) is 20.3 Å². The van der Waals surface area contributed by atoms with Gasteiger partial charge in [-0.15, -0.1) is 10.2 Å². The van der Waals surface area contributed by atoms with E-state index < -0.39 is 0 Å². The standard InChI is InChI=1S/C11H16ClN5/c1-7-8(2)11-14-13-9(5-6-16(3)4)17(11)15-10(7)12/h5-6H2,1-4H3. The second kappa shape index (κ2) is 4.58. The number of nitrogens with zero attached hydrogens (tertiary/aromatic N) is 5. The molecule has 5 nitrogen and oxygen atoms in total. The molecule has 0 aliphatic heterocycles. The zero-order chi connectivity index (χ0) is 12.6. The highest BCUT2D eigenvalue weighted by molar-refractivity contribution is 6.30. The molecular formula is C11H16ClN5. The van der Waals surface area contributed by atoms with Crippen LogP contribution in [0.3, 0.4) is 0 Å². The molecule has 0 aliphatic rings. The van der Waals surface area contributed by atoms with E-state index in [9.17, 15) is 0 Å². The first-order chi connectivity index (χ1) is 8.00. The molecule has 0 aliphatic carbocycles. The van der Waals surface area contributed by atoms with Gasteiger partial charge in [0, 0.05) is 18.5 Å². The van der Waals surface area contributed by atoms with Crippen LogP contribution in [0.15, 0.2) is 0 Å². The fourth-order valence-corrected chi connectivity index (χ4v) is 1.83. The number of hydrogen-bond donors (Lipinski definition) is 0. The second-order valence-electron chi connectivity index (χ2n) is 4.45. The molecule has 2 heterocycles. The Kier molecular flexibility index (Phi) is 3.31. The van der Waals surface area contributed by atoms with Crippen LogP contribution in [-0.2, 0) is 6.42 Å². The van der Waals surface area contributed by atoms with Gasteiger partial charge in [-0.3, -0.25) is 0 Å². The lowest BCUT2D eigenvalue weighted by Crippen LogP contribution is -2.17. The SMILES string of the molecule is Cc1c(Cl)nn2c(CCN(C)C)nnc2c1C. The lowest BCUT2D eigenvalue weighted by molar-refractivity contribution is 0.408. The van der Waals surface area contributed by atoms with E-state index in [4.69, 9.17) is 11.6 Å². The number of aryl methyl sites for hydroxylation is 1. The fraction of sp³-hybridized carbons (Fsp3) is 0.545. The highest BCUT2D eigenvalue weighted by Crippen LogP contribution is 2.19. The first-order valence-corrected chi connectivity index (χ1v) is 5.90. The number of aromatic nitrogens is 4. The van der Waals surface area contributed by atoms with E-state index in [1.807, 2.05) is 27.9 Å². The molecule has 2 aromatic heterocycles. The summed E-state index contributed by atoms with van der Waals surface area (Å²) in [5.74, 6) is 0.846. The molecule has 92 valence electrons. The van der Waals surface area contributed by atoms with Crippen molar-refractivity contribution in [2.75, 3.05) is 20.6 Å². The highest BCUT2D eigenvalue weighted by Gasteiger charge is 2.13. The molecule has 2 rings (SSSR count). The number of likely N-dealkylation sites (N-methyl/N-ethyl adjacent to an activating group) is 1. The Labute approximate surface area is 105 Å². The van der Waals surface area contributed by atoms with Crippen molar-refractivity contribution >= 4 is 17.2 Å². The van der Waals surface area contributed by atoms with Crippen LogP contribution in [0.1, 0.15) is 17.0 Å². The molecule has 0 spiro atoms. The van der Waals surface area contributed by atoms with Crippen molar-refractivity contribution < 1.29 is 0 Å². The Balaban J connectivity index is 2.46. The molecule has 0 saturated heterocycles. The molecular weight excluding hydrogens is 238 g/mol. The molecule has 0 bridgehead atoms. The van der Waals surface area contributed by atoms with Crippen molar-refractivity contribution in [2.24, 2.45) is 0 Å². The first-order valence-electron chi connectivity index (χ1n) is 5.52. The van der Waals surface area contributed by atoms with Crippen LogP contribution < -0.4 is 0 Å². The molecule has 0 atom stereocenters. The van der Waals surface area contributed by atoms with Gasteiger partial charge in [-0.25, -0.2) is 0 Å². The Morgan fingerprint density at radius 3 is 2.53 bits per heavy atom. The van der Waals surface area contributed by atoms with Crippen LogP contribution in [0.5, 0.6) is 0 Å². The van der Waals surface area contributed by atoms with Crippen LogP contribution >= 0.6 is 11.6 Å². The van der Waals surface area contributed by atoms with E-state index in [2.05, 4.69) is 20.2 Å². The second-order valence-corrected chi connectivity index (χ2v) is 4.80. The third-order valence-corrected chi connectivity index (χ3v) is 3.24. The summed E-state index contributed by atoms with van der Waals surface area (Å²) in [6, 6.07) is 0. The van der Waals surface area contributed by atoms with Gasteiger partial charge >= 0.3 is 0 Å². The fourth-order valence-electron chi connectivity index (χ4n) is 1.62. The van der Waals surface area contributed by atoms with E-state index in [0.717, 1.165) is 35.6 Å². The zero-order valence-electron chi connectivity index (χ0n) is 10.5. The molecule has 0 amide bonds. The topological polar surface area (TPSA) is 46.3 Å². The summed E-state index contributed by atoms with van der Waals surface area (Å²) in [7, 11) is 4.05. The number of hydrogen-bond acceptors (Lipinski definition) is 4. The summed E-state index contributed by atoms with van der Waals surface area (Å²) in [4.78, 5) is 2.10. The largest absolute Gasteiger partial charge is 0.309 e. The number of rotatable bonds is 3. The van der Waals surface area contributed by atoms with Crippen LogP contribution in [-0.4, -0.2) is 45.4 Å². The normalized spacial score (nSPS) is 11.6. The quantitative estimate of drug-likeness (QED) is 0.832. The van der Waals surface area contributed by atoms with Gasteiger partial charge in [-0.2, -0.15) is 9.61 Å². The molecule has 6 heteroatoms. The minimum Gasteiger partial charge on any atom is -0.309 e. The predicted octanol–water partition coefficient (Wildman–Crippen LogP) is 1.50. The number of halogens is 1. The monoisotopic (exact) mass is 253 g/mol. The van der Waals surface area contributed by atoms with Gasteiger partial charge in [0.05, 0.1) is 0 Å². The smallest absolute Gasteiger partial charge is 0.181 e. The van der Waals surface area contributed by atoms with E-state index in [0.29, 0.717) is 5.15 Å². The highest BCUT2D eigenvalue weighted by atomic mass is 35.5. The minimum atomic E-state index is 0.515. The lowest BCUT2D eigenvalue weighted by Gasteiger charge is -2.08. The maximum absolute atomic E-state index is 6.09. The maximum Gasteiger partial charge on any atom is 0.181 e. The Morgan fingerprint density at radius 2 is 1.88 bits per heavy atom. The lowest BCUT2D eigenvalue weighted by atomic mass is 10.2. The van der Waals surface area contributed by atoms with Crippen LogP contribution in [0.4, 0.5) is 0 Å². The summed E-state index contributed by atoms with van der Waals surface area (Å²) in [6.07, 6.45) is 0.806. The summed E-state index contributed by atoms with van der Waals surface area (Å²) in [5, 5.41) is 13.2. The Hall–Kier alpha value is -1.20. The molecule has 0 radical (unpaired) electrons. The van der Waals surface area contributed by atoms with Gasteiger partial charge in [0.2, 0.25) is 0 Å². The Morgan fingerprint density at radius 1 is 1.18 bits per heavy atom. The average molecular weight is 254 g/mol. The third kappa shape index (κ3) is 2.25. The summed E-state index contributed by atoms with van der Waals surface area (Å²) in [6.45, 7) is 4.84. The maximum atomic E-state index is 6.09. The predicted molar refractivity (Wildman–Crippen MR) is 67.5 cm³/mol. The van der Waals surface area contributed by atoms with E-state index in [1.54, 1.807) is 4.52 Å². The van der Waals surface area contributed by atoms with Gasteiger partial charge in [0.1, 0.15) is 0 Å². The molecule has 0 saturated carbocycles. The van der Waals surface area contributed by atoms with Crippen LogP contribution in [0.2, 0.25) is 5.15 Å². The van der Waals surface area contributed by atoms with Gasteiger partial charge in [0.15, 0.2) is 16.6 Å². The molecule has 17 heavy (non-hydrogen) atoms. The Bertz CT molecular complexity index is 546. The summed E-state index contributed by atoms with van der Waals surface area (Å²) in [5.41, 5.74) is 2.79. The average Bonchev–Trinajstić information content (AvgIpc) is 2.66. The van der Waals surface area contributed by atoms with Crippen LogP contribution in [0.25, 0.3) is 5.65 Å². The number of fused-ring (bicyclic) bond motifs is 1. The van der Waals surface area contributed by atoms with E-state index in [-0.39, 0.29) is 0 Å². The van der Waals surface area contributed by atoms with Crippen molar-refractivity contribution in [1.29, 1.82) is 0 Å². The van der Waals surface area contributed by atoms with E-state index in [1.165, 1.54) is 0 Å². The van der Waals surface area contributed by atoms with Crippen LogP contribution in [0, 0.1) is 13.8 Å². The zero-order valence-corrected chi connectivity index (χ0v) is 11.3. The van der Waals surface area contributed by atoms with Crippen molar-refractivity contribution in [3.8, 4) is 0 Å². The molecule has 0 unspecified atom stereocenters.